The highest BCUT2D eigenvalue weighted by atomic mass is 16.3. The number of para-hydroxylation sites is 3. The summed E-state index contributed by atoms with van der Waals surface area (Å²) in [6.07, 6.45) is 0. The lowest BCUT2D eigenvalue weighted by Gasteiger charge is -2.30. The number of furan rings is 1. The molecular formula is C62H40N2O. The molecule has 0 N–H and O–H groups in total. The van der Waals surface area contributed by atoms with Crippen molar-refractivity contribution in [3.05, 3.63) is 243 Å². The molecule has 0 atom stereocenters. The maximum atomic E-state index is 7.07. The average molecular weight is 829 g/mol. The Morgan fingerprint density at radius 1 is 0.292 bits per heavy atom. The summed E-state index contributed by atoms with van der Waals surface area (Å²) in [6.45, 7) is 0. The van der Waals surface area contributed by atoms with Crippen LogP contribution in [0.3, 0.4) is 0 Å². The van der Waals surface area contributed by atoms with Gasteiger partial charge in [-0.2, -0.15) is 0 Å². The standard InChI is InChI=1S/C62H40N2O/c1-4-22-43(23-5-1)63(44-24-6-2-7-25-44)61-53-34-18-16-32-50(53)58(51-33-17-19-35-54(51)61)52-37-38-55(49-31-15-14-30-48(49)52)64(45-26-8-3-9-27-45)56-40-42-21-11-13-29-47(42)60-59-46-28-12-10-20-41(46)36-39-57(59)65-62(56)60/h1-40H. The number of hydrogen-bond acceptors (Lipinski definition) is 3. The molecule has 0 aliphatic rings. The van der Waals surface area contributed by atoms with Crippen LogP contribution in [0.1, 0.15) is 0 Å². The largest absolute Gasteiger partial charge is 0.454 e. The molecule has 0 amide bonds. The van der Waals surface area contributed by atoms with Gasteiger partial charge in [-0.1, -0.05) is 188 Å². The van der Waals surface area contributed by atoms with Crippen LogP contribution < -0.4 is 9.80 Å². The summed E-state index contributed by atoms with van der Waals surface area (Å²) in [7, 11) is 0. The van der Waals surface area contributed by atoms with Crippen molar-refractivity contribution in [2.45, 2.75) is 0 Å². The molecule has 304 valence electrons. The lowest BCUT2D eigenvalue weighted by atomic mass is 9.87. The molecule has 13 aromatic rings. The smallest absolute Gasteiger partial charge is 0.160 e. The van der Waals surface area contributed by atoms with Gasteiger partial charge in [0.05, 0.1) is 17.1 Å². The summed E-state index contributed by atoms with van der Waals surface area (Å²) in [5.74, 6) is 0. The molecule has 1 heterocycles. The fourth-order valence-electron chi connectivity index (χ4n) is 10.4. The lowest BCUT2D eigenvalue weighted by molar-refractivity contribution is 0.669. The second-order valence-electron chi connectivity index (χ2n) is 16.8. The van der Waals surface area contributed by atoms with E-state index in [2.05, 4.69) is 252 Å². The second-order valence-corrected chi connectivity index (χ2v) is 16.8. The zero-order valence-electron chi connectivity index (χ0n) is 35.4. The molecule has 13 rings (SSSR count). The average Bonchev–Trinajstić information content (AvgIpc) is 3.79. The van der Waals surface area contributed by atoms with Crippen LogP contribution >= 0.6 is 0 Å². The normalized spacial score (nSPS) is 11.7. The third-order valence-electron chi connectivity index (χ3n) is 13.2. The summed E-state index contributed by atoms with van der Waals surface area (Å²) < 4.78 is 7.07. The second kappa shape index (κ2) is 15.0. The van der Waals surface area contributed by atoms with Crippen molar-refractivity contribution in [3.8, 4) is 11.1 Å². The van der Waals surface area contributed by atoms with E-state index in [-0.39, 0.29) is 0 Å². The van der Waals surface area contributed by atoms with Crippen LogP contribution in [0, 0.1) is 0 Å². The minimum atomic E-state index is 0.862. The van der Waals surface area contributed by atoms with E-state index in [0.29, 0.717) is 0 Å². The van der Waals surface area contributed by atoms with E-state index in [0.717, 1.165) is 66.8 Å². The van der Waals surface area contributed by atoms with Crippen LogP contribution in [0.25, 0.3) is 86.9 Å². The molecule has 65 heavy (non-hydrogen) atoms. The monoisotopic (exact) mass is 828 g/mol. The van der Waals surface area contributed by atoms with Crippen LogP contribution in [-0.2, 0) is 0 Å². The van der Waals surface area contributed by atoms with E-state index < -0.39 is 0 Å². The minimum Gasteiger partial charge on any atom is -0.454 e. The molecule has 1 aromatic heterocycles. The molecular weight excluding hydrogens is 789 g/mol. The van der Waals surface area contributed by atoms with Crippen LogP contribution in [0.15, 0.2) is 247 Å². The molecule has 0 aliphatic heterocycles. The van der Waals surface area contributed by atoms with Gasteiger partial charge in [0, 0.05) is 44.0 Å². The van der Waals surface area contributed by atoms with Crippen molar-refractivity contribution in [1.82, 2.24) is 0 Å². The topological polar surface area (TPSA) is 19.6 Å². The van der Waals surface area contributed by atoms with E-state index in [4.69, 9.17) is 4.42 Å². The molecule has 0 radical (unpaired) electrons. The van der Waals surface area contributed by atoms with Crippen molar-refractivity contribution in [2.24, 2.45) is 0 Å². The molecule has 0 unspecified atom stereocenters. The number of fused-ring (bicyclic) bond motifs is 10. The first-order valence-corrected chi connectivity index (χ1v) is 22.3. The first-order chi connectivity index (χ1) is 32.3. The molecule has 0 aliphatic carbocycles. The highest BCUT2D eigenvalue weighted by molar-refractivity contribution is 6.30. The van der Waals surface area contributed by atoms with Gasteiger partial charge in [0.1, 0.15) is 5.58 Å². The van der Waals surface area contributed by atoms with Crippen LogP contribution in [0.5, 0.6) is 0 Å². The summed E-state index contributed by atoms with van der Waals surface area (Å²) in [5.41, 5.74) is 10.6. The summed E-state index contributed by atoms with van der Waals surface area (Å²) in [6, 6.07) is 87.6. The van der Waals surface area contributed by atoms with Gasteiger partial charge >= 0.3 is 0 Å². The Hall–Kier alpha value is -8.66. The fraction of sp³-hybridized carbons (Fsp3) is 0. The van der Waals surface area contributed by atoms with Crippen molar-refractivity contribution < 1.29 is 4.42 Å². The van der Waals surface area contributed by atoms with Gasteiger partial charge < -0.3 is 14.2 Å². The zero-order chi connectivity index (χ0) is 42.8. The van der Waals surface area contributed by atoms with Crippen molar-refractivity contribution in [3.63, 3.8) is 0 Å². The Labute approximate surface area is 376 Å². The maximum Gasteiger partial charge on any atom is 0.160 e. The highest BCUT2D eigenvalue weighted by Gasteiger charge is 2.27. The Kier molecular flexibility index (Phi) is 8.53. The summed E-state index contributed by atoms with van der Waals surface area (Å²) in [4.78, 5) is 4.82. The van der Waals surface area contributed by atoms with E-state index in [1.807, 2.05) is 0 Å². The van der Waals surface area contributed by atoms with E-state index >= 15 is 0 Å². The molecule has 12 aromatic carbocycles. The maximum absolute atomic E-state index is 7.07. The number of nitrogens with zero attached hydrogens (tertiary/aromatic N) is 2. The quantitative estimate of drug-likeness (QED) is 0.149. The minimum absolute atomic E-state index is 0.862. The van der Waals surface area contributed by atoms with Gasteiger partial charge in [-0.3, -0.25) is 0 Å². The first-order valence-electron chi connectivity index (χ1n) is 22.3. The zero-order valence-corrected chi connectivity index (χ0v) is 35.4. The molecule has 0 saturated carbocycles. The number of hydrogen-bond donors (Lipinski definition) is 0. The van der Waals surface area contributed by atoms with Crippen LogP contribution in [0.2, 0.25) is 0 Å². The number of benzene rings is 12. The van der Waals surface area contributed by atoms with E-state index in [1.54, 1.807) is 0 Å². The fourth-order valence-corrected chi connectivity index (χ4v) is 10.4. The third kappa shape index (κ3) is 5.83. The van der Waals surface area contributed by atoms with Crippen LogP contribution in [-0.4, -0.2) is 0 Å². The van der Waals surface area contributed by atoms with Gasteiger partial charge in [-0.15, -0.1) is 0 Å². The predicted octanol–water partition coefficient (Wildman–Crippen LogP) is 18.0. The molecule has 3 heteroatoms. The Morgan fingerprint density at radius 2 is 0.754 bits per heavy atom. The molecule has 0 bridgehead atoms. The highest BCUT2D eigenvalue weighted by Crippen LogP contribution is 2.52. The predicted molar refractivity (Wildman–Crippen MR) is 276 cm³/mol. The summed E-state index contributed by atoms with van der Waals surface area (Å²) >= 11 is 0. The van der Waals surface area contributed by atoms with Gasteiger partial charge in [0.25, 0.3) is 0 Å². The molecule has 0 fully saturated rings. The van der Waals surface area contributed by atoms with E-state index in [1.165, 1.54) is 54.2 Å². The number of anilines is 6. The van der Waals surface area contributed by atoms with Gasteiger partial charge in [0.15, 0.2) is 5.58 Å². The summed E-state index contributed by atoms with van der Waals surface area (Å²) in [5, 5.41) is 14.1. The van der Waals surface area contributed by atoms with Crippen LogP contribution in [0.4, 0.5) is 34.1 Å². The van der Waals surface area contributed by atoms with Crippen molar-refractivity contribution >= 4 is 110 Å². The molecule has 0 saturated heterocycles. The van der Waals surface area contributed by atoms with Crippen molar-refractivity contribution in [2.75, 3.05) is 9.80 Å². The van der Waals surface area contributed by atoms with Gasteiger partial charge in [-0.25, -0.2) is 0 Å². The number of rotatable bonds is 7. The molecule has 0 spiro atoms. The Bertz CT molecular complexity index is 3860. The van der Waals surface area contributed by atoms with Gasteiger partial charge in [0.2, 0.25) is 0 Å². The van der Waals surface area contributed by atoms with E-state index in [9.17, 15) is 0 Å². The third-order valence-corrected chi connectivity index (χ3v) is 13.2. The Balaban J connectivity index is 1.10. The lowest BCUT2D eigenvalue weighted by Crippen LogP contribution is -2.12. The Morgan fingerprint density at radius 3 is 1.35 bits per heavy atom. The first kappa shape index (κ1) is 36.9. The van der Waals surface area contributed by atoms with Gasteiger partial charge in [-0.05, 0) is 103 Å². The SMILES string of the molecule is c1ccc(N(c2ccccc2)c2c3ccccc3c(-c3ccc(N(c4ccccc4)c4cc5ccccc5c5c4oc4ccc6ccccc6c45)c4ccccc34)c3ccccc23)cc1. The molecule has 3 nitrogen and oxygen atoms in total. The van der Waals surface area contributed by atoms with Crippen molar-refractivity contribution in [1.29, 1.82) is 0 Å².